The molecule has 0 aliphatic carbocycles. The van der Waals surface area contributed by atoms with Crippen molar-refractivity contribution in [1.29, 1.82) is 0 Å². The minimum absolute atomic E-state index is 0.372. The highest BCUT2D eigenvalue weighted by atomic mass is 32.1. The Morgan fingerprint density at radius 2 is 2.11 bits per heavy atom. The van der Waals surface area contributed by atoms with Crippen LogP contribution in [0.15, 0.2) is 29.6 Å². The number of ether oxygens (including phenoxy) is 1. The number of methoxy groups -OCH3 is 1. The molecule has 0 saturated carbocycles. The molecule has 0 saturated heterocycles. The number of hydrogen-bond donors (Lipinski definition) is 1. The van der Waals surface area contributed by atoms with Gasteiger partial charge in [0.15, 0.2) is 5.75 Å². The number of carbonyl (C=O) groups excluding carboxylic acids is 1. The van der Waals surface area contributed by atoms with Gasteiger partial charge < -0.3 is 9.84 Å². The largest absolute Gasteiger partial charge is 0.502 e. The van der Waals surface area contributed by atoms with Gasteiger partial charge in [-0.25, -0.2) is 4.79 Å². The van der Waals surface area contributed by atoms with E-state index in [2.05, 4.69) is 4.74 Å². The van der Waals surface area contributed by atoms with Crippen LogP contribution in [0.1, 0.15) is 9.67 Å². The lowest BCUT2D eigenvalue weighted by molar-refractivity contribution is -0.385. The number of thiophene rings is 1. The molecule has 0 aliphatic heterocycles. The number of nitro groups is 1. The summed E-state index contributed by atoms with van der Waals surface area (Å²) < 4.78 is 4.59. The van der Waals surface area contributed by atoms with Crippen LogP contribution in [0.2, 0.25) is 0 Å². The van der Waals surface area contributed by atoms with E-state index in [0.717, 1.165) is 0 Å². The molecule has 1 heterocycles. The third-order valence-electron chi connectivity index (χ3n) is 2.49. The van der Waals surface area contributed by atoms with Gasteiger partial charge in [-0.05, 0) is 28.6 Å². The Hall–Kier alpha value is -2.41. The molecule has 2 rings (SSSR count). The average Bonchev–Trinajstić information content (AvgIpc) is 2.87. The van der Waals surface area contributed by atoms with Crippen LogP contribution in [0, 0.1) is 10.1 Å². The summed E-state index contributed by atoms with van der Waals surface area (Å²) in [5, 5.41) is 21.8. The van der Waals surface area contributed by atoms with E-state index in [0.29, 0.717) is 16.0 Å². The third-order valence-corrected chi connectivity index (χ3v) is 3.40. The van der Waals surface area contributed by atoms with Gasteiger partial charge in [0, 0.05) is 6.07 Å². The van der Waals surface area contributed by atoms with Crippen LogP contribution >= 0.6 is 11.3 Å². The molecule has 0 amide bonds. The second-order valence-electron chi connectivity index (χ2n) is 3.65. The van der Waals surface area contributed by atoms with E-state index >= 15 is 0 Å². The summed E-state index contributed by atoms with van der Waals surface area (Å²) in [6, 6.07) is 5.65. The van der Waals surface area contributed by atoms with Crippen LogP contribution in [0.4, 0.5) is 5.69 Å². The minimum atomic E-state index is -0.660. The highest BCUT2D eigenvalue weighted by Gasteiger charge is 2.16. The monoisotopic (exact) mass is 279 g/mol. The van der Waals surface area contributed by atoms with E-state index in [1.165, 1.54) is 30.6 Å². The van der Waals surface area contributed by atoms with Crippen molar-refractivity contribution in [3.63, 3.8) is 0 Å². The predicted octanol–water partition coefficient (Wildman–Crippen LogP) is 2.82. The number of nitrogens with zero attached hydrogens (tertiary/aromatic N) is 1. The zero-order valence-electron chi connectivity index (χ0n) is 9.82. The topological polar surface area (TPSA) is 89.7 Å². The molecule has 0 fully saturated rings. The van der Waals surface area contributed by atoms with Crippen LogP contribution in [-0.4, -0.2) is 23.1 Å². The maximum atomic E-state index is 11.3. The maximum Gasteiger partial charge on any atom is 0.348 e. The number of hydrogen-bond acceptors (Lipinski definition) is 6. The fourth-order valence-electron chi connectivity index (χ4n) is 1.54. The molecule has 0 spiro atoms. The molecule has 0 aliphatic rings. The van der Waals surface area contributed by atoms with Gasteiger partial charge in [0.2, 0.25) is 0 Å². The van der Waals surface area contributed by atoms with Gasteiger partial charge in [-0.15, -0.1) is 11.3 Å². The van der Waals surface area contributed by atoms with Crippen molar-refractivity contribution in [2.75, 3.05) is 7.11 Å². The van der Waals surface area contributed by atoms with E-state index < -0.39 is 16.6 Å². The van der Waals surface area contributed by atoms with Crippen LogP contribution < -0.4 is 0 Å². The van der Waals surface area contributed by atoms with Gasteiger partial charge in [0.25, 0.3) is 0 Å². The molecule has 1 aromatic carbocycles. The van der Waals surface area contributed by atoms with E-state index in [-0.39, 0.29) is 5.69 Å². The fraction of sp³-hybridized carbons (Fsp3) is 0.0833. The first kappa shape index (κ1) is 13.0. The van der Waals surface area contributed by atoms with Gasteiger partial charge in [0.05, 0.1) is 12.0 Å². The van der Waals surface area contributed by atoms with Gasteiger partial charge in [-0.3, -0.25) is 10.1 Å². The smallest absolute Gasteiger partial charge is 0.348 e. The summed E-state index contributed by atoms with van der Waals surface area (Å²) in [6.45, 7) is 0. The Morgan fingerprint density at radius 1 is 1.37 bits per heavy atom. The first-order valence-corrected chi connectivity index (χ1v) is 6.05. The number of aromatic hydroxyl groups is 1. The number of carbonyl (C=O) groups is 1. The van der Waals surface area contributed by atoms with E-state index in [1.807, 2.05) is 0 Å². The van der Waals surface area contributed by atoms with Crippen molar-refractivity contribution in [3.05, 3.63) is 44.6 Å². The van der Waals surface area contributed by atoms with Gasteiger partial charge in [0.1, 0.15) is 4.88 Å². The second-order valence-corrected chi connectivity index (χ2v) is 4.56. The molecule has 0 unspecified atom stereocenters. The predicted molar refractivity (Wildman–Crippen MR) is 69.4 cm³/mol. The molecule has 0 radical (unpaired) electrons. The Balaban J connectivity index is 2.42. The normalized spacial score (nSPS) is 10.2. The Bertz CT molecular complexity index is 649. The standard InChI is InChI=1S/C12H9NO5S/c1-18-12(15)11-5-8(6-19-11)7-2-3-10(14)9(4-7)13(16)17/h2-6,14H,1H3. The molecule has 1 N–H and O–H groups in total. The first-order valence-electron chi connectivity index (χ1n) is 5.17. The quantitative estimate of drug-likeness (QED) is 0.530. The second kappa shape index (κ2) is 5.07. The highest BCUT2D eigenvalue weighted by molar-refractivity contribution is 7.12. The molecule has 1 aromatic heterocycles. The molecular formula is C12H9NO5S. The van der Waals surface area contributed by atoms with E-state index in [1.54, 1.807) is 17.5 Å². The summed E-state index contributed by atoms with van der Waals surface area (Å²) in [6.07, 6.45) is 0. The molecule has 19 heavy (non-hydrogen) atoms. The lowest BCUT2D eigenvalue weighted by Gasteiger charge is -2.00. The van der Waals surface area contributed by atoms with Crippen molar-refractivity contribution >= 4 is 23.0 Å². The van der Waals surface area contributed by atoms with Crippen LogP contribution in [0.3, 0.4) is 0 Å². The number of phenolic OH excluding ortho intramolecular Hbond substituents is 1. The highest BCUT2D eigenvalue weighted by Crippen LogP contribution is 2.33. The lowest BCUT2D eigenvalue weighted by Crippen LogP contribution is -1.96. The molecule has 2 aromatic rings. The van der Waals surface area contributed by atoms with Crippen molar-refractivity contribution < 1.29 is 19.6 Å². The van der Waals surface area contributed by atoms with E-state index in [4.69, 9.17) is 0 Å². The number of benzene rings is 1. The first-order chi connectivity index (χ1) is 9.02. The minimum Gasteiger partial charge on any atom is -0.502 e. The Labute approximate surface area is 112 Å². The van der Waals surface area contributed by atoms with Gasteiger partial charge >= 0.3 is 11.7 Å². The molecule has 0 atom stereocenters. The number of phenols is 1. The fourth-order valence-corrected chi connectivity index (χ4v) is 2.38. The van der Waals surface area contributed by atoms with Crippen molar-refractivity contribution in [2.45, 2.75) is 0 Å². The number of rotatable bonds is 3. The van der Waals surface area contributed by atoms with Gasteiger partial charge in [-0.1, -0.05) is 6.07 Å². The van der Waals surface area contributed by atoms with Crippen molar-refractivity contribution in [2.24, 2.45) is 0 Å². The van der Waals surface area contributed by atoms with Crippen molar-refractivity contribution in [1.82, 2.24) is 0 Å². The molecule has 98 valence electrons. The summed E-state index contributed by atoms with van der Waals surface area (Å²) in [4.78, 5) is 21.8. The zero-order valence-corrected chi connectivity index (χ0v) is 10.6. The molecular weight excluding hydrogens is 270 g/mol. The number of nitro benzene ring substituents is 1. The van der Waals surface area contributed by atoms with Crippen LogP contribution in [0.5, 0.6) is 5.75 Å². The van der Waals surface area contributed by atoms with Crippen molar-refractivity contribution in [3.8, 4) is 16.9 Å². The van der Waals surface area contributed by atoms with Gasteiger partial charge in [-0.2, -0.15) is 0 Å². The molecule has 0 bridgehead atoms. The zero-order chi connectivity index (χ0) is 14.0. The summed E-state index contributed by atoms with van der Waals surface area (Å²) in [5.74, 6) is -0.846. The number of esters is 1. The molecule has 6 nitrogen and oxygen atoms in total. The lowest BCUT2D eigenvalue weighted by atomic mass is 10.1. The maximum absolute atomic E-state index is 11.3. The SMILES string of the molecule is COC(=O)c1cc(-c2ccc(O)c([N+](=O)[O-])c2)cs1. The third kappa shape index (κ3) is 2.55. The summed E-state index contributed by atoms with van der Waals surface area (Å²) >= 11 is 1.19. The van der Waals surface area contributed by atoms with Crippen LogP contribution in [0.25, 0.3) is 11.1 Å². The van der Waals surface area contributed by atoms with Crippen LogP contribution in [-0.2, 0) is 4.74 Å². The Kier molecular flexibility index (Phi) is 3.48. The average molecular weight is 279 g/mol. The van der Waals surface area contributed by atoms with E-state index in [9.17, 15) is 20.0 Å². The summed E-state index contributed by atoms with van der Waals surface area (Å²) in [7, 11) is 1.28. The molecule has 7 heteroatoms. The summed E-state index contributed by atoms with van der Waals surface area (Å²) in [5.41, 5.74) is 0.840. The Morgan fingerprint density at radius 3 is 2.74 bits per heavy atom.